The SMILES string of the molecule is CCC(O)C#CC(O)c1ccccc1. The lowest BCUT2D eigenvalue weighted by Gasteiger charge is -2.02. The Hall–Kier alpha value is -1.30. The number of aliphatic hydroxyl groups excluding tert-OH is 2. The van der Waals surface area contributed by atoms with Crippen LogP contribution in [0, 0.1) is 11.8 Å². The van der Waals surface area contributed by atoms with E-state index in [1.54, 1.807) is 12.1 Å². The van der Waals surface area contributed by atoms with E-state index in [-0.39, 0.29) is 0 Å². The van der Waals surface area contributed by atoms with Crippen molar-refractivity contribution < 1.29 is 10.2 Å². The molecule has 0 aromatic heterocycles. The van der Waals surface area contributed by atoms with Crippen LogP contribution < -0.4 is 0 Å². The Kier molecular flexibility index (Phi) is 4.18. The largest absolute Gasteiger partial charge is 0.380 e. The van der Waals surface area contributed by atoms with Crippen LogP contribution in [-0.2, 0) is 0 Å². The third kappa shape index (κ3) is 3.21. The second kappa shape index (κ2) is 5.43. The van der Waals surface area contributed by atoms with Crippen LogP contribution in [0.25, 0.3) is 0 Å². The third-order valence-corrected chi connectivity index (χ3v) is 1.89. The van der Waals surface area contributed by atoms with Gasteiger partial charge in [-0.2, -0.15) is 0 Å². The zero-order valence-corrected chi connectivity index (χ0v) is 8.14. The Morgan fingerprint density at radius 2 is 1.79 bits per heavy atom. The summed E-state index contributed by atoms with van der Waals surface area (Å²) in [5.74, 6) is 5.19. The van der Waals surface area contributed by atoms with Gasteiger partial charge in [0.25, 0.3) is 0 Å². The van der Waals surface area contributed by atoms with Gasteiger partial charge in [-0.15, -0.1) is 0 Å². The Balaban J connectivity index is 2.66. The number of hydrogen-bond donors (Lipinski definition) is 2. The maximum absolute atomic E-state index is 9.58. The zero-order chi connectivity index (χ0) is 10.4. The van der Waals surface area contributed by atoms with Gasteiger partial charge in [0.2, 0.25) is 0 Å². The zero-order valence-electron chi connectivity index (χ0n) is 8.14. The van der Waals surface area contributed by atoms with Crippen LogP contribution in [0.1, 0.15) is 25.0 Å². The lowest BCUT2D eigenvalue weighted by atomic mass is 10.1. The highest BCUT2D eigenvalue weighted by Crippen LogP contribution is 2.10. The van der Waals surface area contributed by atoms with E-state index in [9.17, 15) is 5.11 Å². The maximum atomic E-state index is 9.58. The van der Waals surface area contributed by atoms with Crippen molar-refractivity contribution in [2.24, 2.45) is 0 Å². The molecule has 0 spiro atoms. The molecule has 74 valence electrons. The van der Waals surface area contributed by atoms with Gasteiger partial charge in [0.05, 0.1) is 0 Å². The van der Waals surface area contributed by atoms with Crippen LogP contribution in [-0.4, -0.2) is 16.3 Å². The minimum absolute atomic E-state index is 0.578. The smallest absolute Gasteiger partial charge is 0.140 e. The van der Waals surface area contributed by atoms with Crippen LogP contribution in [0.4, 0.5) is 0 Å². The highest BCUT2D eigenvalue weighted by molar-refractivity contribution is 5.25. The van der Waals surface area contributed by atoms with Crippen molar-refractivity contribution in [1.82, 2.24) is 0 Å². The minimum Gasteiger partial charge on any atom is -0.380 e. The number of aliphatic hydroxyl groups is 2. The molecule has 2 heteroatoms. The molecule has 0 radical (unpaired) electrons. The van der Waals surface area contributed by atoms with Crippen molar-refractivity contribution in [2.75, 3.05) is 0 Å². The highest BCUT2D eigenvalue weighted by atomic mass is 16.3. The first-order valence-electron chi connectivity index (χ1n) is 4.66. The summed E-state index contributed by atoms with van der Waals surface area (Å²) in [7, 11) is 0. The van der Waals surface area contributed by atoms with Crippen molar-refractivity contribution in [3.05, 3.63) is 35.9 Å². The predicted molar refractivity (Wildman–Crippen MR) is 55.5 cm³/mol. The van der Waals surface area contributed by atoms with Crippen molar-refractivity contribution in [3.63, 3.8) is 0 Å². The molecule has 2 atom stereocenters. The summed E-state index contributed by atoms with van der Waals surface area (Å²) in [6, 6.07) is 9.17. The Bertz CT molecular complexity index is 321. The van der Waals surface area contributed by atoms with Crippen molar-refractivity contribution in [2.45, 2.75) is 25.6 Å². The lowest BCUT2D eigenvalue weighted by Crippen LogP contribution is -2.01. The Morgan fingerprint density at radius 1 is 1.14 bits per heavy atom. The van der Waals surface area contributed by atoms with E-state index in [2.05, 4.69) is 11.8 Å². The molecule has 0 amide bonds. The normalized spacial score (nSPS) is 13.9. The van der Waals surface area contributed by atoms with E-state index in [0.29, 0.717) is 6.42 Å². The standard InChI is InChI=1S/C12H14O2/c1-2-11(13)8-9-12(14)10-6-4-3-5-7-10/h3-7,11-14H,2H2,1H3. The molecule has 1 aromatic carbocycles. The fourth-order valence-electron chi connectivity index (χ4n) is 0.996. The highest BCUT2D eigenvalue weighted by Gasteiger charge is 2.01. The molecular formula is C12H14O2. The first kappa shape index (κ1) is 10.8. The lowest BCUT2D eigenvalue weighted by molar-refractivity contribution is 0.221. The van der Waals surface area contributed by atoms with E-state index < -0.39 is 12.2 Å². The second-order valence-corrected chi connectivity index (χ2v) is 3.03. The average Bonchev–Trinajstić information content (AvgIpc) is 2.26. The molecule has 0 saturated heterocycles. The van der Waals surface area contributed by atoms with Crippen molar-refractivity contribution in [1.29, 1.82) is 0 Å². The van der Waals surface area contributed by atoms with Gasteiger partial charge >= 0.3 is 0 Å². The van der Waals surface area contributed by atoms with Crippen LogP contribution >= 0.6 is 0 Å². The van der Waals surface area contributed by atoms with E-state index in [4.69, 9.17) is 5.11 Å². The minimum atomic E-state index is -0.808. The maximum Gasteiger partial charge on any atom is 0.140 e. The monoisotopic (exact) mass is 190 g/mol. The van der Waals surface area contributed by atoms with Gasteiger partial charge in [-0.25, -0.2) is 0 Å². The van der Waals surface area contributed by atoms with Gasteiger partial charge in [-0.05, 0) is 12.0 Å². The van der Waals surface area contributed by atoms with Crippen LogP contribution in [0.3, 0.4) is 0 Å². The molecule has 0 saturated carbocycles. The summed E-state index contributed by atoms with van der Waals surface area (Å²) >= 11 is 0. The summed E-state index contributed by atoms with van der Waals surface area (Å²) in [4.78, 5) is 0. The second-order valence-electron chi connectivity index (χ2n) is 3.03. The van der Waals surface area contributed by atoms with Gasteiger partial charge in [0, 0.05) is 0 Å². The van der Waals surface area contributed by atoms with Gasteiger partial charge in [-0.1, -0.05) is 49.1 Å². The molecular weight excluding hydrogens is 176 g/mol. The molecule has 2 nitrogen and oxygen atoms in total. The summed E-state index contributed by atoms with van der Waals surface area (Å²) in [6.07, 6.45) is -0.875. The van der Waals surface area contributed by atoms with E-state index >= 15 is 0 Å². The van der Waals surface area contributed by atoms with Gasteiger partial charge in [0.15, 0.2) is 0 Å². The van der Waals surface area contributed by atoms with E-state index in [0.717, 1.165) is 5.56 Å². The quantitative estimate of drug-likeness (QED) is 0.694. The molecule has 0 aliphatic carbocycles. The molecule has 2 unspecified atom stereocenters. The fourth-order valence-corrected chi connectivity index (χ4v) is 0.996. The molecule has 0 heterocycles. The topological polar surface area (TPSA) is 40.5 Å². The summed E-state index contributed by atoms with van der Waals surface area (Å²) in [6.45, 7) is 1.84. The molecule has 1 rings (SSSR count). The number of benzene rings is 1. The molecule has 0 fully saturated rings. The first-order chi connectivity index (χ1) is 6.74. The summed E-state index contributed by atoms with van der Waals surface area (Å²) in [5, 5.41) is 18.7. The summed E-state index contributed by atoms with van der Waals surface area (Å²) in [5.41, 5.74) is 0.753. The Morgan fingerprint density at radius 3 is 2.36 bits per heavy atom. The fraction of sp³-hybridized carbons (Fsp3) is 0.333. The molecule has 0 aliphatic heterocycles. The van der Waals surface area contributed by atoms with Crippen LogP contribution in [0.5, 0.6) is 0 Å². The van der Waals surface area contributed by atoms with Crippen molar-refractivity contribution in [3.8, 4) is 11.8 Å². The molecule has 2 N–H and O–H groups in total. The van der Waals surface area contributed by atoms with Crippen LogP contribution in [0.15, 0.2) is 30.3 Å². The van der Waals surface area contributed by atoms with E-state index in [1.807, 2.05) is 25.1 Å². The molecule has 14 heavy (non-hydrogen) atoms. The third-order valence-electron chi connectivity index (χ3n) is 1.89. The molecule has 0 aliphatic rings. The number of hydrogen-bond acceptors (Lipinski definition) is 2. The van der Waals surface area contributed by atoms with Gasteiger partial charge in [0.1, 0.15) is 12.2 Å². The summed E-state index contributed by atoms with van der Waals surface area (Å²) < 4.78 is 0. The van der Waals surface area contributed by atoms with Gasteiger partial charge in [-0.3, -0.25) is 0 Å². The Labute approximate surface area is 84.2 Å². The average molecular weight is 190 g/mol. The van der Waals surface area contributed by atoms with Crippen molar-refractivity contribution >= 4 is 0 Å². The van der Waals surface area contributed by atoms with Gasteiger partial charge < -0.3 is 10.2 Å². The molecule has 0 bridgehead atoms. The molecule has 1 aromatic rings. The first-order valence-corrected chi connectivity index (χ1v) is 4.66. The van der Waals surface area contributed by atoms with Crippen LogP contribution in [0.2, 0.25) is 0 Å². The predicted octanol–water partition coefficient (Wildman–Crippen LogP) is 1.49. The van der Waals surface area contributed by atoms with E-state index in [1.165, 1.54) is 0 Å². The number of rotatable bonds is 2.